The van der Waals surface area contributed by atoms with Gasteiger partial charge in [0.05, 0.1) is 33.4 Å². The van der Waals surface area contributed by atoms with Crippen LogP contribution in [0.1, 0.15) is 36.1 Å². The van der Waals surface area contributed by atoms with Crippen LogP contribution in [0.4, 0.5) is 0 Å². The molecule has 280 valence electrons. The van der Waals surface area contributed by atoms with Gasteiger partial charge < -0.3 is 24.2 Å². The minimum atomic E-state index is -0.556. The first-order chi connectivity index (χ1) is 26.8. The van der Waals surface area contributed by atoms with E-state index in [-0.39, 0.29) is 11.5 Å². The second-order valence-electron chi connectivity index (χ2n) is 14.1. The molecule has 0 saturated heterocycles. The molecule has 2 aromatic heterocycles. The summed E-state index contributed by atoms with van der Waals surface area (Å²) < 4.78 is 4.39. The van der Waals surface area contributed by atoms with E-state index in [2.05, 4.69) is 168 Å². The summed E-state index contributed by atoms with van der Waals surface area (Å²) in [5.74, 6) is 0.564. The van der Waals surface area contributed by atoms with Crippen LogP contribution in [0.2, 0.25) is 0 Å². The number of hydrogen-bond donors (Lipinski definition) is 2. The Hall–Kier alpha value is -4.27. The Morgan fingerprint density at radius 3 is 1.15 bits per heavy atom. The fourth-order valence-corrected chi connectivity index (χ4v) is 8.13. The number of aryl methyl sites for hydroxylation is 2. The summed E-state index contributed by atoms with van der Waals surface area (Å²) in [6.45, 7) is 13.2. The zero-order chi connectivity index (χ0) is 38.6. The van der Waals surface area contributed by atoms with Gasteiger partial charge in [-0.15, -0.1) is 0 Å². The molecule has 0 atom stereocenters. The van der Waals surface area contributed by atoms with E-state index in [1.54, 1.807) is 0 Å². The Morgan fingerprint density at radius 1 is 0.509 bits per heavy atom. The average molecular weight is 806 g/mol. The molecule has 0 unspecified atom stereocenters. The summed E-state index contributed by atoms with van der Waals surface area (Å²) in [4.78, 5) is 4.79. The predicted octanol–water partition coefficient (Wildman–Crippen LogP) is 11.6. The van der Waals surface area contributed by atoms with Crippen LogP contribution >= 0.6 is 18.6 Å². The number of benzene rings is 6. The van der Waals surface area contributed by atoms with Crippen molar-refractivity contribution in [3.8, 4) is 22.9 Å². The molecule has 0 aliphatic rings. The van der Waals surface area contributed by atoms with Crippen LogP contribution < -0.4 is 0 Å². The van der Waals surface area contributed by atoms with Gasteiger partial charge in [-0.3, -0.25) is 4.90 Å². The summed E-state index contributed by atoms with van der Waals surface area (Å²) in [7, 11) is 9.78. The van der Waals surface area contributed by atoms with E-state index < -0.39 is 17.0 Å². The number of likely N-dealkylation sites (N-methyl/N-ethyl adjacent to an activating group) is 1. The minimum absolute atomic E-state index is 0.282. The summed E-state index contributed by atoms with van der Waals surface area (Å²) in [5, 5.41) is 28.9. The molecular weight excluding hydrogens is 759 g/mol. The number of phenolic OH excluding ortho intramolecular Hbond substituents is 2. The topological polar surface area (TPSA) is 56.8 Å². The van der Waals surface area contributed by atoms with Crippen LogP contribution in [-0.2, 0) is 30.1 Å². The van der Waals surface area contributed by atoms with Gasteiger partial charge >= 0.3 is 35.6 Å². The monoisotopic (exact) mass is 804 g/mol. The summed E-state index contributed by atoms with van der Waals surface area (Å²) in [6.07, 6.45) is 0. The molecular formula is C46H46Cl2N4O2Ti. The maximum atomic E-state index is 12.1. The molecule has 6 nitrogen and oxygen atoms in total. The van der Waals surface area contributed by atoms with Crippen molar-refractivity contribution in [2.75, 3.05) is 26.2 Å². The molecule has 0 fully saturated rings. The van der Waals surface area contributed by atoms with E-state index in [1.807, 2.05) is 0 Å². The number of nitrogens with zero attached hydrogens (tertiary/aromatic N) is 4. The number of aromatic hydroxyl groups is 2. The maximum absolute atomic E-state index is 12.1. The number of rotatable bonds is 11. The Kier molecular flexibility index (Phi) is 12.2. The van der Waals surface area contributed by atoms with Crippen molar-refractivity contribution < 1.29 is 27.2 Å². The van der Waals surface area contributed by atoms with Crippen molar-refractivity contribution in [1.82, 2.24) is 18.9 Å². The van der Waals surface area contributed by atoms with Crippen LogP contribution in [0.15, 0.2) is 121 Å². The molecule has 55 heavy (non-hydrogen) atoms. The van der Waals surface area contributed by atoms with Gasteiger partial charge in [-0.2, -0.15) is 0 Å². The van der Waals surface area contributed by atoms with Crippen molar-refractivity contribution >= 4 is 62.2 Å². The van der Waals surface area contributed by atoms with Gasteiger partial charge in [0.25, 0.3) is 0 Å². The molecule has 6 aromatic carbocycles. The second-order valence-corrected chi connectivity index (χ2v) is 16.7. The van der Waals surface area contributed by atoms with Crippen LogP contribution in [-0.4, -0.2) is 55.3 Å². The van der Waals surface area contributed by atoms with E-state index >= 15 is 0 Å². The van der Waals surface area contributed by atoms with Gasteiger partial charge in [-0.25, -0.2) is 0 Å². The standard InChI is InChI=1S/C46H46N4O2.2ClH.Ti/c1-5-47(6-2)23-24-48(29-33-25-31(3)27-43(45(33)51)49-39-19-11-7-15-35(39)36-16-8-12-20-40(36)49)30-34-26-32(4)28-44(46(34)52)50-41-21-13-9-17-37(41)38-18-10-14-22-42(38)50;;;/h7-22,25-28,51-52H,5-6,23-24,29-30H2,1-4H3;2*1H;/q;;;+2/p-2. The van der Waals surface area contributed by atoms with Crippen LogP contribution in [0, 0.1) is 13.8 Å². The molecule has 0 aliphatic heterocycles. The Balaban J connectivity index is 0.00000150. The number of halogens is 2. The second kappa shape index (κ2) is 17.3. The van der Waals surface area contributed by atoms with Crippen LogP contribution in [0.5, 0.6) is 11.5 Å². The third-order valence-electron chi connectivity index (χ3n) is 10.7. The molecule has 0 spiro atoms. The fraction of sp³-hybridized carbons (Fsp3) is 0.217. The van der Waals surface area contributed by atoms with E-state index in [0.29, 0.717) is 13.1 Å². The van der Waals surface area contributed by atoms with Gasteiger partial charge in [0, 0.05) is 58.9 Å². The Labute approximate surface area is 339 Å². The van der Waals surface area contributed by atoms with Crippen molar-refractivity contribution in [3.05, 3.63) is 144 Å². The number of para-hydroxylation sites is 4. The molecule has 2 heterocycles. The zero-order valence-corrected chi connectivity index (χ0v) is 34.8. The summed E-state index contributed by atoms with van der Waals surface area (Å²) >= 11 is -0.556. The summed E-state index contributed by atoms with van der Waals surface area (Å²) in [5.41, 5.74) is 9.73. The normalized spacial score (nSPS) is 11.6. The van der Waals surface area contributed by atoms with E-state index in [9.17, 15) is 10.2 Å². The average Bonchev–Trinajstić information content (AvgIpc) is 3.71. The number of aromatic nitrogens is 2. The Bertz CT molecular complexity index is 2330. The third kappa shape index (κ3) is 7.77. The number of phenols is 2. The number of fused-ring (bicyclic) bond motifs is 6. The Morgan fingerprint density at radius 2 is 0.818 bits per heavy atom. The number of hydrogen-bond acceptors (Lipinski definition) is 4. The quantitative estimate of drug-likeness (QED) is 0.128. The van der Waals surface area contributed by atoms with Crippen molar-refractivity contribution in [2.24, 2.45) is 0 Å². The molecule has 0 saturated carbocycles. The SMILES string of the molecule is CCN(CC)CCN(Cc1cc(C)cc(-n2c3ccccc3c3ccccc32)c1O)Cc1cc(C)cc(-n2c3ccccc3c3ccccc32)c1O.[Cl][Ti][Cl]. The van der Waals surface area contributed by atoms with Gasteiger partial charge in [-0.05, 0) is 74.5 Å². The van der Waals surface area contributed by atoms with Gasteiger partial charge in [0.15, 0.2) is 0 Å². The van der Waals surface area contributed by atoms with E-state index in [1.165, 1.54) is 0 Å². The van der Waals surface area contributed by atoms with Crippen LogP contribution in [0.25, 0.3) is 55.0 Å². The molecule has 0 bridgehead atoms. The predicted molar refractivity (Wildman–Crippen MR) is 228 cm³/mol. The molecule has 2 N–H and O–H groups in total. The molecule has 8 aromatic rings. The molecule has 9 heteroatoms. The first-order valence-electron chi connectivity index (χ1n) is 18.8. The van der Waals surface area contributed by atoms with Crippen molar-refractivity contribution in [1.29, 1.82) is 0 Å². The van der Waals surface area contributed by atoms with Crippen molar-refractivity contribution in [2.45, 2.75) is 40.8 Å². The van der Waals surface area contributed by atoms with E-state index in [0.717, 1.165) is 103 Å². The molecule has 8 rings (SSSR count). The fourth-order valence-electron chi connectivity index (χ4n) is 8.13. The zero-order valence-electron chi connectivity index (χ0n) is 31.7. The van der Waals surface area contributed by atoms with Gasteiger partial charge in [0.1, 0.15) is 11.5 Å². The van der Waals surface area contributed by atoms with E-state index in [4.69, 9.17) is 18.6 Å². The molecule has 0 radical (unpaired) electrons. The molecule has 0 aliphatic carbocycles. The first-order valence-corrected chi connectivity index (χ1v) is 23.1. The third-order valence-corrected chi connectivity index (χ3v) is 10.7. The summed E-state index contributed by atoms with van der Waals surface area (Å²) in [6, 6.07) is 42.0. The van der Waals surface area contributed by atoms with Crippen molar-refractivity contribution in [3.63, 3.8) is 0 Å². The van der Waals surface area contributed by atoms with Gasteiger partial charge in [-0.1, -0.05) is 98.8 Å². The van der Waals surface area contributed by atoms with Gasteiger partial charge in [0.2, 0.25) is 0 Å². The first kappa shape index (κ1) is 39.0. The molecule has 0 amide bonds. The van der Waals surface area contributed by atoms with Crippen LogP contribution in [0.3, 0.4) is 0 Å².